The standard InChI is InChI=1S/C25H29N3O3S/c29-23(18-7-2-1-3-8-18)27-25(32)26-21-13-11-19(12-14-21)24(30)31-17-20-9-6-16-28-15-5-4-10-22(20)28/h1-3,7-8,11-14,20,22H,4-6,9-10,15-17H2,(H2,26,27,29,32)/t20-,22-/m1/s1. The van der Waals surface area contributed by atoms with Crippen LogP contribution in [0.2, 0.25) is 0 Å². The average molecular weight is 452 g/mol. The summed E-state index contributed by atoms with van der Waals surface area (Å²) in [4.78, 5) is 27.3. The highest BCUT2D eigenvalue weighted by Gasteiger charge is 2.33. The summed E-state index contributed by atoms with van der Waals surface area (Å²) in [5, 5.41) is 5.81. The molecule has 6 nitrogen and oxygen atoms in total. The van der Waals surface area contributed by atoms with Gasteiger partial charge in [0, 0.05) is 23.2 Å². The molecule has 2 aromatic carbocycles. The Labute approximate surface area is 194 Å². The zero-order valence-electron chi connectivity index (χ0n) is 18.1. The summed E-state index contributed by atoms with van der Waals surface area (Å²) < 4.78 is 5.67. The second-order valence-corrected chi connectivity index (χ2v) is 8.86. The number of amides is 1. The number of nitrogens with zero attached hydrogens (tertiary/aromatic N) is 1. The van der Waals surface area contributed by atoms with Crippen molar-refractivity contribution in [1.82, 2.24) is 10.2 Å². The summed E-state index contributed by atoms with van der Waals surface area (Å²) in [6, 6.07) is 16.4. The van der Waals surface area contributed by atoms with Crippen LogP contribution in [0.3, 0.4) is 0 Å². The third kappa shape index (κ3) is 5.72. The van der Waals surface area contributed by atoms with E-state index in [4.69, 9.17) is 17.0 Å². The summed E-state index contributed by atoms with van der Waals surface area (Å²) in [6.07, 6.45) is 6.07. The lowest BCUT2D eigenvalue weighted by molar-refractivity contribution is 0.00738. The van der Waals surface area contributed by atoms with Gasteiger partial charge in [0.15, 0.2) is 5.11 Å². The number of carbonyl (C=O) groups is 2. The number of fused-ring (bicyclic) bond motifs is 1. The van der Waals surface area contributed by atoms with Crippen molar-refractivity contribution in [3.05, 3.63) is 65.7 Å². The van der Waals surface area contributed by atoms with Gasteiger partial charge in [0.1, 0.15) is 0 Å². The largest absolute Gasteiger partial charge is 0.462 e. The van der Waals surface area contributed by atoms with Crippen LogP contribution in [0.5, 0.6) is 0 Å². The molecule has 0 spiro atoms. The molecular weight excluding hydrogens is 422 g/mol. The lowest BCUT2D eigenvalue weighted by Gasteiger charge is -2.44. The number of benzene rings is 2. The SMILES string of the molecule is O=C(NC(=S)Nc1ccc(C(=O)OC[C@H]2CCCN3CCCC[C@H]23)cc1)c1ccccc1. The van der Waals surface area contributed by atoms with Gasteiger partial charge >= 0.3 is 5.97 Å². The first-order chi connectivity index (χ1) is 15.6. The first-order valence-electron chi connectivity index (χ1n) is 11.3. The fraction of sp³-hybridized carbons (Fsp3) is 0.400. The molecule has 2 saturated heterocycles. The average Bonchev–Trinajstić information content (AvgIpc) is 2.83. The first-order valence-corrected chi connectivity index (χ1v) is 11.7. The molecule has 2 atom stereocenters. The van der Waals surface area contributed by atoms with Crippen LogP contribution in [0.1, 0.15) is 52.8 Å². The number of hydrogen-bond acceptors (Lipinski definition) is 5. The molecule has 0 radical (unpaired) electrons. The van der Waals surface area contributed by atoms with E-state index in [-0.39, 0.29) is 17.0 Å². The molecule has 0 unspecified atom stereocenters. The van der Waals surface area contributed by atoms with Gasteiger partial charge in [-0.3, -0.25) is 15.0 Å². The van der Waals surface area contributed by atoms with Gasteiger partial charge < -0.3 is 10.1 Å². The number of nitrogens with one attached hydrogen (secondary N) is 2. The molecule has 2 N–H and O–H groups in total. The van der Waals surface area contributed by atoms with Gasteiger partial charge in [0.25, 0.3) is 5.91 Å². The summed E-state index contributed by atoms with van der Waals surface area (Å²) >= 11 is 5.22. The van der Waals surface area contributed by atoms with Crippen molar-refractivity contribution in [3.8, 4) is 0 Å². The van der Waals surface area contributed by atoms with Gasteiger partial charge in [-0.1, -0.05) is 24.6 Å². The van der Waals surface area contributed by atoms with Crippen molar-refractivity contribution in [2.24, 2.45) is 5.92 Å². The molecule has 168 valence electrons. The van der Waals surface area contributed by atoms with Crippen LogP contribution in [-0.4, -0.2) is 47.6 Å². The number of rotatable bonds is 5. The van der Waals surface area contributed by atoms with E-state index in [1.54, 1.807) is 48.5 Å². The Hall–Kier alpha value is -2.77. The number of carbonyl (C=O) groups excluding carboxylic acids is 2. The number of ether oxygens (including phenoxy) is 1. The second kappa shape index (κ2) is 10.7. The molecule has 32 heavy (non-hydrogen) atoms. The molecule has 0 bridgehead atoms. The maximum absolute atomic E-state index is 12.5. The molecule has 0 saturated carbocycles. The van der Waals surface area contributed by atoms with Crippen molar-refractivity contribution in [3.63, 3.8) is 0 Å². The smallest absolute Gasteiger partial charge is 0.338 e. The monoisotopic (exact) mass is 451 g/mol. The Kier molecular flexibility index (Phi) is 7.50. The highest BCUT2D eigenvalue weighted by molar-refractivity contribution is 7.80. The summed E-state index contributed by atoms with van der Waals surface area (Å²) in [6.45, 7) is 2.84. The summed E-state index contributed by atoms with van der Waals surface area (Å²) in [7, 11) is 0. The minimum Gasteiger partial charge on any atom is -0.462 e. The van der Waals surface area contributed by atoms with E-state index < -0.39 is 0 Å². The van der Waals surface area contributed by atoms with Crippen LogP contribution in [0.4, 0.5) is 5.69 Å². The quantitative estimate of drug-likeness (QED) is 0.524. The Morgan fingerprint density at radius 3 is 2.47 bits per heavy atom. The predicted octanol–water partition coefficient (Wildman–Crippen LogP) is 4.23. The highest BCUT2D eigenvalue weighted by atomic mass is 32.1. The molecule has 2 aromatic rings. The van der Waals surface area contributed by atoms with Crippen LogP contribution >= 0.6 is 12.2 Å². The Morgan fingerprint density at radius 2 is 1.69 bits per heavy atom. The van der Waals surface area contributed by atoms with Crippen molar-refractivity contribution in [1.29, 1.82) is 0 Å². The van der Waals surface area contributed by atoms with Gasteiger partial charge in [-0.15, -0.1) is 0 Å². The minimum absolute atomic E-state index is 0.198. The van der Waals surface area contributed by atoms with Crippen LogP contribution in [-0.2, 0) is 4.74 Å². The van der Waals surface area contributed by atoms with E-state index in [9.17, 15) is 9.59 Å². The molecule has 7 heteroatoms. The highest BCUT2D eigenvalue weighted by Crippen LogP contribution is 2.31. The number of esters is 1. The van der Waals surface area contributed by atoms with Crippen LogP contribution in [0, 0.1) is 5.92 Å². The third-order valence-electron chi connectivity index (χ3n) is 6.30. The van der Waals surface area contributed by atoms with E-state index in [2.05, 4.69) is 15.5 Å². The van der Waals surface area contributed by atoms with Crippen molar-refractivity contribution < 1.29 is 14.3 Å². The van der Waals surface area contributed by atoms with Crippen LogP contribution in [0.15, 0.2) is 54.6 Å². The first kappa shape index (κ1) is 22.4. The van der Waals surface area contributed by atoms with Gasteiger partial charge in [-0.25, -0.2) is 4.79 Å². The molecule has 4 rings (SSSR count). The Balaban J connectivity index is 1.26. The molecule has 2 aliphatic heterocycles. The van der Waals surface area contributed by atoms with E-state index in [0.717, 1.165) is 6.42 Å². The molecule has 0 aliphatic carbocycles. The topological polar surface area (TPSA) is 70.7 Å². The number of anilines is 1. The van der Waals surface area contributed by atoms with Gasteiger partial charge in [0.05, 0.1) is 12.2 Å². The Bertz CT molecular complexity index is 947. The zero-order chi connectivity index (χ0) is 22.3. The summed E-state index contributed by atoms with van der Waals surface area (Å²) in [5.74, 6) is -0.147. The maximum atomic E-state index is 12.5. The predicted molar refractivity (Wildman–Crippen MR) is 129 cm³/mol. The maximum Gasteiger partial charge on any atom is 0.338 e. The molecule has 2 aliphatic rings. The van der Waals surface area contributed by atoms with Crippen LogP contribution < -0.4 is 10.6 Å². The molecule has 2 fully saturated rings. The normalized spacial score (nSPS) is 20.6. The minimum atomic E-state index is -0.301. The molecular formula is C25H29N3O3S. The van der Waals surface area contributed by atoms with Crippen LogP contribution in [0.25, 0.3) is 0 Å². The van der Waals surface area contributed by atoms with E-state index >= 15 is 0 Å². The molecule has 2 heterocycles. The Morgan fingerprint density at radius 1 is 0.938 bits per heavy atom. The zero-order valence-corrected chi connectivity index (χ0v) is 18.9. The second-order valence-electron chi connectivity index (χ2n) is 8.45. The number of thiocarbonyl (C=S) groups is 1. The van der Waals surface area contributed by atoms with Gasteiger partial charge in [-0.05, 0) is 87.4 Å². The fourth-order valence-corrected chi connectivity index (χ4v) is 4.87. The van der Waals surface area contributed by atoms with Crippen molar-refractivity contribution in [2.75, 3.05) is 25.0 Å². The van der Waals surface area contributed by atoms with E-state index in [0.29, 0.717) is 35.4 Å². The van der Waals surface area contributed by atoms with E-state index in [1.807, 2.05) is 6.07 Å². The van der Waals surface area contributed by atoms with E-state index in [1.165, 1.54) is 38.8 Å². The van der Waals surface area contributed by atoms with Gasteiger partial charge in [-0.2, -0.15) is 0 Å². The molecule has 1 amide bonds. The lowest BCUT2D eigenvalue weighted by Crippen LogP contribution is -2.49. The fourth-order valence-electron chi connectivity index (χ4n) is 4.65. The number of hydrogen-bond donors (Lipinski definition) is 2. The molecule has 0 aromatic heterocycles. The van der Waals surface area contributed by atoms with Crippen molar-refractivity contribution in [2.45, 2.75) is 38.1 Å². The number of piperidine rings is 2. The summed E-state index contributed by atoms with van der Waals surface area (Å²) in [5.41, 5.74) is 1.72. The van der Waals surface area contributed by atoms with Gasteiger partial charge in [0.2, 0.25) is 0 Å². The third-order valence-corrected chi connectivity index (χ3v) is 6.50. The van der Waals surface area contributed by atoms with Crippen molar-refractivity contribution >= 4 is 34.9 Å². The lowest BCUT2D eigenvalue weighted by atomic mass is 9.84.